The lowest BCUT2D eigenvalue weighted by atomic mass is 10.1. The molecule has 154 valence electrons. The van der Waals surface area contributed by atoms with Gasteiger partial charge in [0, 0.05) is 30.3 Å². The van der Waals surface area contributed by atoms with Crippen molar-refractivity contribution in [1.29, 1.82) is 0 Å². The number of nitro benzene ring substituents is 1. The number of amides is 1. The van der Waals surface area contributed by atoms with Crippen molar-refractivity contribution in [3.63, 3.8) is 0 Å². The van der Waals surface area contributed by atoms with Gasteiger partial charge in [-0.1, -0.05) is 38.1 Å². The zero-order valence-electron chi connectivity index (χ0n) is 16.5. The largest absolute Gasteiger partial charge is 0.320 e. The SMILES string of the molecule is Cc1ccc(S(=O)(=O)N2CCN(C(=O)c3ccccc3)[C@@H]2C(C)C)cc1[N+](=O)[O-]. The van der Waals surface area contributed by atoms with Crippen molar-refractivity contribution in [2.75, 3.05) is 13.1 Å². The van der Waals surface area contributed by atoms with E-state index in [1.807, 2.05) is 19.9 Å². The van der Waals surface area contributed by atoms with Gasteiger partial charge in [0.1, 0.15) is 6.17 Å². The van der Waals surface area contributed by atoms with Crippen molar-refractivity contribution in [1.82, 2.24) is 9.21 Å². The number of nitro groups is 1. The van der Waals surface area contributed by atoms with E-state index in [0.29, 0.717) is 11.1 Å². The Morgan fingerprint density at radius 1 is 1.14 bits per heavy atom. The monoisotopic (exact) mass is 417 g/mol. The Morgan fingerprint density at radius 3 is 2.38 bits per heavy atom. The first-order valence-corrected chi connectivity index (χ1v) is 10.7. The maximum atomic E-state index is 13.3. The molecule has 1 heterocycles. The molecule has 2 aromatic carbocycles. The first kappa shape index (κ1) is 20.9. The second kappa shape index (κ2) is 7.92. The highest BCUT2D eigenvalue weighted by molar-refractivity contribution is 7.89. The predicted octanol–water partition coefficient (Wildman–Crippen LogP) is 3.03. The zero-order valence-corrected chi connectivity index (χ0v) is 17.3. The molecule has 1 aliphatic rings. The summed E-state index contributed by atoms with van der Waals surface area (Å²) in [7, 11) is -4.02. The predicted molar refractivity (Wildman–Crippen MR) is 108 cm³/mol. The van der Waals surface area contributed by atoms with Crippen LogP contribution in [0.3, 0.4) is 0 Å². The molecule has 2 aromatic rings. The van der Waals surface area contributed by atoms with Crippen molar-refractivity contribution in [3.05, 3.63) is 69.8 Å². The minimum Gasteiger partial charge on any atom is -0.320 e. The van der Waals surface area contributed by atoms with E-state index >= 15 is 0 Å². The van der Waals surface area contributed by atoms with Gasteiger partial charge < -0.3 is 4.90 Å². The highest BCUT2D eigenvalue weighted by Gasteiger charge is 2.44. The lowest BCUT2D eigenvalue weighted by Crippen LogP contribution is -2.47. The molecule has 3 rings (SSSR count). The van der Waals surface area contributed by atoms with Gasteiger partial charge in [-0.15, -0.1) is 0 Å². The lowest BCUT2D eigenvalue weighted by Gasteiger charge is -2.32. The molecule has 0 spiro atoms. The summed E-state index contributed by atoms with van der Waals surface area (Å²) in [6.45, 7) is 5.64. The van der Waals surface area contributed by atoms with Crippen LogP contribution in [0.1, 0.15) is 29.8 Å². The fourth-order valence-corrected chi connectivity index (χ4v) is 5.37. The maximum absolute atomic E-state index is 13.3. The smallest absolute Gasteiger partial charge is 0.273 e. The third kappa shape index (κ3) is 3.88. The Bertz CT molecular complexity index is 1040. The van der Waals surface area contributed by atoms with Crippen LogP contribution in [0.5, 0.6) is 0 Å². The standard InChI is InChI=1S/C20H23N3O5S/c1-14(2)19-21(20(24)16-7-5-4-6-8-16)11-12-22(19)29(27,28)17-10-9-15(3)18(13-17)23(25)26/h4-10,13-14,19H,11-12H2,1-3H3/t19-/m0/s1. The summed E-state index contributed by atoms with van der Waals surface area (Å²) in [4.78, 5) is 25.0. The van der Waals surface area contributed by atoms with E-state index in [2.05, 4.69) is 0 Å². The van der Waals surface area contributed by atoms with Gasteiger partial charge in [-0.25, -0.2) is 8.42 Å². The highest BCUT2D eigenvalue weighted by atomic mass is 32.2. The van der Waals surface area contributed by atoms with Crippen LogP contribution in [0.4, 0.5) is 5.69 Å². The summed E-state index contributed by atoms with van der Waals surface area (Å²) >= 11 is 0. The van der Waals surface area contributed by atoms with Crippen molar-refractivity contribution >= 4 is 21.6 Å². The van der Waals surface area contributed by atoms with Gasteiger partial charge in [0.15, 0.2) is 0 Å². The minimum absolute atomic E-state index is 0.130. The number of hydrogen-bond acceptors (Lipinski definition) is 5. The number of carbonyl (C=O) groups is 1. The minimum atomic E-state index is -4.02. The molecule has 8 nitrogen and oxygen atoms in total. The van der Waals surface area contributed by atoms with Crippen LogP contribution in [0.2, 0.25) is 0 Å². The highest BCUT2D eigenvalue weighted by Crippen LogP contribution is 2.31. The van der Waals surface area contributed by atoms with Crippen molar-refractivity contribution in [2.45, 2.75) is 31.8 Å². The molecule has 0 bridgehead atoms. The van der Waals surface area contributed by atoms with E-state index in [9.17, 15) is 23.3 Å². The molecule has 1 atom stereocenters. The molecule has 0 aliphatic carbocycles. The number of nitrogens with zero attached hydrogens (tertiary/aromatic N) is 3. The molecule has 1 saturated heterocycles. The molecule has 0 saturated carbocycles. The van der Waals surface area contributed by atoms with E-state index in [1.165, 1.54) is 16.4 Å². The third-order valence-corrected chi connectivity index (χ3v) is 6.90. The molecule has 0 aromatic heterocycles. The Labute approximate surface area is 169 Å². The van der Waals surface area contributed by atoms with Gasteiger partial charge in [0.25, 0.3) is 11.6 Å². The van der Waals surface area contributed by atoms with Crippen LogP contribution in [-0.4, -0.2) is 47.7 Å². The topological polar surface area (TPSA) is 101 Å². The van der Waals surface area contributed by atoms with Gasteiger partial charge in [-0.2, -0.15) is 4.31 Å². The number of benzene rings is 2. The molecule has 9 heteroatoms. The number of hydrogen-bond donors (Lipinski definition) is 0. The Kier molecular flexibility index (Phi) is 5.72. The second-order valence-electron chi connectivity index (χ2n) is 7.34. The first-order chi connectivity index (χ1) is 13.6. The average Bonchev–Trinajstić information content (AvgIpc) is 3.14. The van der Waals surface area contributed by atoms with Crippen LogP contribution >= 0.6 is 0 Å². The van der Waals surface area contributed by atoms with Crippen LogP contribution in [0.25, 0.3) is 0 Å². The van der Waals surface area contributed by atoms with Gasteiger partial charge in [0.05, 0.1) is 9.82 Å². The molecule has 0 N–H and O–H groups in total. The lowest BCUT2D eigenvalue weighted by molar-refractivity contribution is -0.385. The first-order valence-electron chi connectivity index (χ1n) is 9.27. The van der Waals surface area contributed by atoms with E-state index < -0.39 is 21.1 Å². The van der Waals surface area contributed by atoms with Crippen LogP contribution < -0.4 is 0 Å². The average molecular weight is 417 g/mol. The van der Waals surface area contributed by atoms with E-state index in [-0.39, 0.29) is 35.5 Å². The number of rotatable bonds is 5. The molecule has 1 aliphatic heterocycles. The third-order valence-electron chi connectivity index (χ3n) is 5.04. The molecule has 0 radical (unpaired) electrons. The van der Waals surface area contributed by atoms with Crippen LogP contribution in [0.15, 0.2) is 53.4 Å². The summed E-state index contributed by atoms with van der Waals surface area (Å²) in [6, 6.07) is 12.6. The molecule has 1 fully saturated rings. The quantitative estimate of drug-likeness (QED) is 0.550. The number of sulfonamides is 1. The van der Waals surface area contributed by atoms with Gasteiger partial charge in [-0.05, 0) is 31.0 Å². The fraction of sp³-hybridized carbons (Fsp3) is 0.350. The normalized spacial score (nSPS) is 17.7. The van der Waals surface area contributed by atoms with Gasteiger partial charge >= 0.3 is 0 Å². The molecular weight excluding hydrogens is 394 g/mol. The number of aryl methyl sites for hydroxylation is 1. The summed E-state index contributed by atoms with van der Waals surface area (Å²) in [5, 5.41) is 11.2. The Hall–Kier alpha value is -2.78. The second-order valence-corrected chi connectivity index (χ2v) is 9.23. The maximum Gasteiger partial charge on any atom is 0.273 e. The van der Waals surface area contributed by atoms with Crippen LogP contribution in [-0.2, 0) is 10.0 Å². The fourth-order valence-electron chi connectivity index (χ4n) is 3.63. The number of carbonyl (C=O) groups excluding carboxylic acids is 1. The van der Waals surface area contributed by atoms with Crippen LogP contribution in [0, 0.1) is 23.0 Å². The Morgan fingerprint density at radius 2 is 1.79 bits per heavy atom. The van der Waals surface area contributed by atoms with Crippen molar-refractivity contribution in [2.24, 2.45) is 5.92 Å². The summed E-state index contributed by atoms with van der Waals surface area (Å²) in [5.41, 5.74) is 0.628. The Balaban J connectivity index is 1.98. The summed E-state index contributed by atoms with van der Waals surface area (Å²) in [5.74, 6) is -0.405. The summed E-state index contributed by atoms with van der Waals surface area (Å²) < 4.78 is 27.9. The van der Waals surface area contributed by atoms with E-state index in [4.69, 9.17) is 0 Å². The molecule has 0 unspecified atom stereocenters. The van der Waals surface area contributed by atoms with E-state index in [1.54, 1.807) is 36.1 Å². The molecule has 1 amide bonds. The zero-order chi connectivity index (χ0) is 21.3. The van der Waals surface area contributed by atoms with Gasteiger partial charge in [0.2, 0.25) is 10.0 Å². The molecular formula is C20H23N3O5S. The summed E-state index contributed by atoms with van der Waals surface area (Å²) in [6.07, 6.45) is -0.673. The van der Waals surface area contributed by atoms with Crippen molar-refractivity contribution in [3.8, 4) is 0 Å². The van der Waals surface area contributed by atoms with Gasteiger partial charge in [-0.3, -0.25) is 14.9 Å². The van der Waals surface area contributed by atoms with Crippen molar-refractivity contribution < 1.29 is 18.1 Å². The molecule has 29 heavy (non-hydrogen) atoms. The van der Waals surface area contributed by atoms with E-state index in [0.717, 1.165) is 6.07 Å².